The van der Waals surface area contributed by atoms with Crippen molar-refractivity contribution in [3.05, 3.63) is 24.0 Å². The standard InChI is InChI=1S/C14H20N6O/c1-10-9-21-6-5-20(10)14-7-11(12(8-15)17-18-14)13-3-4-16-19(13)2/h3-4,7,10H,5-6,8-9,15H2,1-2H3/t10-/m1/s1. The van der Waals surface area contributed by atoms with E-state index in [1.165, 1.54) is 0 Å². The quantitative estimate of drug-likeness (QED) is 0.888. The van der Waals surface area contributed by atoms with Gasteiger partial charge in [-0.2, -0.15) is 10.2 Å². The number of nitrogens with two attached hydrogens (primary N) is 1. The average Bonchev–Trinajstić information content (AvgIpc) is 2.93. The lowest BCUT2D eigenvalue weighted by molar-refractivity contribution is 0.0984. The van der Waals surface area contributed by atoms with Crippen LogP contribution in [0.25, 0.3) is 11.3 Å². The van der Waals surface area contributed by atoms with E-state index in [-0.39, 0.29) is 6.04 Å². The average molecular weight is 288 g/mol. The normalized spacial score (nSPS) is 19.0. The van der Waals surface area contributed by atoms with Crippen LogP contribution in [0.3, 0.4) is 0 Å². The van der Waals surface area contributed by atoms with E-state index in [9.17, 15) is 0 Å². The summed E-state index contributed by atoms with van der Waals surface area (Å²) in [5.41, 5.74) is 8.56. The molecule has 0 unspecified atom stereocenters. The van der Waals surface area contributed by atoms with E-state index in [0.29, 0.717) is 19.8 Å². The maximum absolute atomic E-state index is 5.80. The number of ether oxygens (including phenoxy) is 1. The lowest BCUT2D eigenvalue weighted by Gasteiger charge is -2.34. The van der Waals surface area contributed by atoms with E-state index >= 15 is 0 Å². The Kier molecular flexibility index (Phi) is 3.85. The number of morpholine rings is 1. The highest BCUT2D eigenvalue weighted by molar-refractivity contribution is 5.66. The minimum Gasteiger partial charge on any atom is -0.377 e. The second-order valence-corrected chi connectivity index (χ2v) is 5.22. The Hall–Kier alpha value is -1.99. The summed E-state index contributed by atoms with van der Waals surface area (Å²) in [6.45, 7) is 4.73. The number of aryl methyl sites for hydroxylation is 1. The molecule has 0 radical (unpaired) electrons. The molecule has 1 fully saturated rings. The molecule has 7 nitrogen and oxygen atoms in total. The van der Waals surface area contributed by atoms with E-state index < -0.39 is 0 Å². The number of hydrogen-bond donors (Lipinski definition) is 1. The summed E-state index contributed by atoms with van der Waals surface area (Å²) in [4.78, 5) is 2.22. The molecule has 1 aliphatic rings. The molecule has 2 aromatic heterocycles. The lowest BCUT2D eigenvalue weighted by Crippen LogP contribution is -2.44. The van der Waals surface area contributed by atoms with E-state index in [2.05, 4.69) is 27.1 Å². The maximum Gasteiger partial charge on any atom is 0.152 e. The summed E-state index contributed by atoms with van der Waals surface area (Å²) < 4.78 is 7.30. The number of anilines is 1. The molecule has 112 valence electrons. The fourth-order valence-electron chi connectivity index (χ4n) is 2.63. The molecule has 1 atom stereocenters. The minimum atomic E-state index is 0.288. The molecule has 0 bridgehead atoms. The fourth-order valence-corrected chi connectivity index (χ4v) is 2.63. The van der Waals surface area contributed by atoms with Gasteiger partial charge in [-0.25, -0.2) is 0 Å². The lowest BCUT2D eigenvalue weighted by atomic mass is 10.1. The van der Waals surface area contributed by atoms with Gasteiger partial charge in [-0.15, -0.1) is 5.10 Å². The van der Waals surface area contributed by atoms with Gasteiger partial charge in [-0.1, -0.05) is 0 Å². The highest BCUT2D eigenvalue weighted by Gasteiger charge is 2.22. The van der Waals surface area contributed by atoms with Crippen LogP contribution in [-0.4, -0.2) is 45.8 Å². The van der Waals surface area contributed by atoms with Gasteiger partial charge in [-0.3, -0.25) is 4.68 Å². The van der Waals surface area contributed by atoms with Crippen molar-refractivity contribution in [1.82, 2.24) is 20.0 Å². The van der Waals surface area contributed by atoms with Crippen molar-refractivity contribution in [3.8, 4) is 11.3 Å². The summed E-state index contributed by atoms with van der Waals surface area (Å²) in [7, 11) is 1.91. The van der Waals surface area contributed by atoms with Gasteiger partial charge in [0.2, 0.25) is 0 Å². The molecule has 1 aliphatic heterocycles. The number of rotatable bonds is 3. The Morgan fingerprint density at radius 1 is 1.43 bits per heavy atom. The molecule has 0 spiro atoms. The first-order valence-electron chi connectivity index (χ1n) is 7.10. The first-order valence-corrected chi connectivity index (χ1v) is 7.10. The predicted octanol–water partition coefficient (Wildman–Crippen LogP) is 0.561. The molecular formula is C14H20N6O. The molecule has 2 N–H and O–H groups in total. The molecule has 0 amide bonds. The molecule has 1 saturated heterocycles. The second kappa shape index (κ2) is 5.79. The van der Waals surface area contributed by atoms with Crippen molar-refractivity contribution in [2.24, 2.45) is 12.8 Å². The van der Waals surface area contributed by atoms with Gasteiger partial charge in [0.05, 0.1) is 30.6 Å². The van der Waals surface area contributed by atoms with Crippen LogP contribution >= 0.6 is 0 Å². The van der Waals surface area contributed by atoms with Crippen molar-refractivity contribution in [3.63, 3.8) is 0 Å². The van der Waals surface area contributed by atoms with E-state index in [1.807, 2.05) is 23.9 Å². The first kappa shape index (κ1) is 14.0. The monoisotopic (exact) mass is 288 g/mol. The number of aromatic nitrogens is 4. The van der Waals surface area contributed by atoms with Crippen molar-refractivity contribution >= 4 is 5.82 Å². The Morgan fingerprint density at radius 2 is 2.29 bits per heavy atom. The summed E-state index contributed by atoms with van der Waals surface area (Å²) in [5.74, 6) is 0.860. The van der Waals surface area contributed by atoms with Gasteiger partial charge in [0, 0.05) is 31.9 Å². The van der Waals surface area contributed by atoms with Gasteiger partial charge < -0.3 is 15.4 Å². The molecule has 21 heavy (non-hydrogen) atoms. The van der Waals surface area contributed by atoms with Gasteiger partial charge in [-0.05, 0) is 19.1 Å². The number of nitrogens with zero attached hydrogens (tertiary/aromatic N) is 5. The molecule has 3 rings (SSSR count). The second-order valence-electron chi connectivity index (χ2n) is 5.22. The van der Waals surface area contributed by atoms with Crippen molar-refractivity contribution in [2.45, 2.75) is 19.5 Å². The summed E-state index contributed by atoms with van der Waals surface area (Å²) in [6.07, 6.45) is 1.77. The zero-order chi connectivity index (χ0) is 14.8. The highest BCUT2D eigenvalue weighted by atomic mass is 16.5. The molecule has 2 aromatic rings. The van der Waals surface area contributed by atoms with Crippen molar-refractivity contribution in [1.29, 1.82) is 0 Å². The Morgan fingerprint density at radius 3 is 2.95 bits per heavy atom. The zero-order valence-corrected chi connectivity index (χ0v) is 12.4. The molecule has 0 saturated carbocycles. The highest BCUT2D eigenvalue weighted by Crippen LogP contribution is 2.26. The van der Waals surface area contributed by atoms with Crippen LogP contribution in [-0.2, 0) is 18.3 Å². The third-order valence-electron chi connectivity index (χ3n) is 3.81. The van der Waals surface area contributed by atoms with Crippen LogP contribution < -0.4 is 10.6 Å². The topological polar surface area (TPSA) is 82.1 Å². The van der Waals surface area contributed by atoms with Crippen LogP contribution in [0, 0.1) is 0 Å². The van der Waals surface area contributed by atoms with E-state index in [1.54, 1.807) is 6.20 Å². The van der Waals surface area contributed by atoms with Gasteiger partial charge in [0.25, 0.3) is 0 Å². The third-order valence-corrected chi connectivity index (χ3v) is 3.81. The Bertz CT molecular complexity index is 626. The van der Waals surface area contributed by atoms with Gasteiger partial charge in [0.1, 0.15) is 0 Å². The summed E-state index contributed by atoms with van der Waals surface area (Å²) >= 11 is 0. The van der Waals surface area contributed by atoms with Crippen LogP contribution in [0.15, 0.2) is 18.3 Å². The first-order chi connectivity index (χ1) is 10.2. The van der Waals surface area contributed by atoms with Crippen LogP contribution in [0.2, 0.25) is 0 Å². The Labute approximate surface area is 123 Å². The third kappa shape index (κ3) is 2.62. The van der Waals surface area contributed by atoms with Crippen molar-refractivity contribution in [2.75, 3.05) is 24.7 Å². The molecular weight excluding hydrogens is 268 g/mol. The fraction of sp³-hybridized carbons (Fsp3) is 0.500. The SMILES string of the molecule is C[C@@H]1COCCN1c1cc(-c2ccnn2C)c(CN)nn1. The van der Waals surface area contributed by atoms with E-state index in [4.69, 9.17) is 10.5 Å². The van der Waals surface area contributed by atoms with Gasteiger partial charge in [0.15, 0.2) is 5.82 Å². The van der Waals surface area contributed by atoms with Crippen molar-refractivity contribution < 1.29 is 4.74 Å². The largest absolute Gasteiger partial charge is 0.377 e. The molecule has 0 aromatic carbocycles. The van der Waals surface area contributed by atoms with Crippen LogP contribution in [0.1, 0.15) is 12.6 Å². The smallest absolute Gasteiger partial charge is 0.152 e. The van der Waals surface area contributed by atoms with Crippen LogP contribution in [0.4, 0.5) is 5.82 Å². The zero-order valence-electron chi connectivity index (χ0n) is 12.4. The summed E-state index contributed by atoms with van der Waals surface area (Å²) in [5, 5.41) is 12.9. The van der Waals surface area contributed by atoms with E-state index in [0.717, 1.165) is 29.3 Å². The van der Waals surface area contributed by atoms with Crippen LogP contribution in [0.5, 0.6) is 0 Å². The minimum absolute atomic E-state index is 0.288. The van der Waals surface area contributed by atoms with Gasteiger partial charge >= 0.3 is 0 Å². The predicted molar refractivity (Wildman–Crippen MR) is 79.8 cm³/mol. The Balaban J connectivity index is 2.02. The maximum atomic E-state index is 5.80. The summed E-state index contributed by atoms with van der Waals surface area (Å²) in [6, 6.07) is 4.30. The molecule has 3 heterocycles. The number of hydrogen-bond acceptors (Lipinski definition) is 6. The molecule has 7 heteroatoms. The molecule has 0 aliphatic carbocycles.